The maximum absolute atomic E-state index is 12.6. The Kier molecular flexibility index (Phi) is 4.74. The molecular formula is C19H22N2O4. The number of amides is 1. The molecule has 0 aliphatic carbocycles. The molecule has 132 valence electrons. The Labute approximate surface area is 145 Å². The van der Waals surface area contributed by atoms with Gasteiger partial charge in [0, 0.05) is 18.8 Å². The molecule has 1 amide bonds. The predicted molar refractivity (Wildman–Crippen MR) is 94.3 cm³/mol. The van der Waals surface area contributed by atoms with E-state index in [1.807, 2.05) is 30.3 Å². The third-order valence-corrected chi connectivity index (χ3v) is 4.95. The molecule has 0 bridgehead atoms. The molecule has 1 aromatic heterocycles. The fourth-order valence-corrected chi connectivity index (χ4v) is 3.16. The van der Waals surface area contributed by atoms with Crippen molar-refractivity contribution in [2.24, 2.45) is 0 Å². The summed E-state index contributed by atoms with van der Waals surface area (Å²) in [6.07, 6.45) is -0.309. The largest absolute Gasteiger partial charge is 0.388 e. The molecule has 2 atom stereocenters. The van der Waals surface area contributed by atoms with Crippen molar-refractivity contribution in [3.05, 3.63) is 58.4 Å². The zero-order valence-electron chi connectivity index (χ0n) is 14.1. The van der Waals surface area contributed by atoms with Crippen LogP contribution in [0.25, 0.3) is 11.3 Å². The van der Waals surface area contributed by atoms with Crippen molar-refractivity contribution >= 4 is 5.91 Å². The summed E-state index contributed by atoms with van der Waals surface area (Å²) in [6, 6.07) is 12.6. The lowest BCUT2D eigenvalue weighted by Gasteiger charge is -2.41. The van der Waals surface area contributed by atoms with E-state index in [2.05, 4.69) is 4.98 Å². The number of aromatic nitrogens is 1. The topological polar surface area (TPSA) is 93.6 Å². The summed E-state index contributed by atoms with van der Waals surface area (Å²) < 4.78 is 0. The van der Waals surface area contributed by atoms with Crippen molar-refractivity contribution in [3.8, 4) is 11.3 Å². The third-order valence-electron chi connectivity index (χ3n) is 4.95. The summed E-state index contributed by atoms with van der Waals surface area (Å²) in [6.45, 7) is 2.12. The predicted octanol–water partition coefficient (Wildman–Crippen LogP) is 1.39. The van der Waals surface area contributed by atoms with Gasteiger partial charge in [-0.25, -0.2) is 0 Å². The number of hydrogen-bond donors (Lipinski definition) is 3. The van der Waals surface area contributed by atoms with Gasteiger partial charge in [0.15, 0.2) is 0 Å². The van der Waals surface area contributed by atoms with E-state index in [-0.39, 0.29) is 18.5 Å². The van der Waals surface area contributed by atoms with E-state index in [0.29, 0.717) is 18.7 Å². The lowest BCUT2D eigenvalue weighted by molar-refractivity contribution is -0.114. The van der Waals surface area contributed by atoms with E-state index >= 15 is 0 Å². The van der Waals surface area contributed by atoms with Gasteiger partial charge in [0.1, 0.15) is 11.7 Å². The second-order valence-electron chi connectivity index (χ2n) is 6.45. The first kappa shape index (κ1) is 17.4. The Morgan fingerprint density at radius 1 is 1.28 bits per heavy atom. The van der Waals surface area contributed by atoms with E-state index in [0.717, 1.165) is 5.56 Å². The van der Waals surface area contributed by atoms with Gasteiger partial charge in [-0.15, -0.1) is 0 Å². The van der Waals surface area contributed by atoms with Crippen LogP contribution in [0.1, 0.15) is 30.1 Å². The van der Waals surface area contributed by atoms with Gasteiger partial charge in [-0.2, -0.15) is 0 Å². The van der Waals surface area contributed by atoms with Crippen LogP contribution >= 0.6 is 0 Å². The van der Waals surface area contributed by atoms with Gasteiger partial charge in [-0.3, -0.25) is 9.59 Å². The van der Waals surface area contributed by atoms with E-state index in [1.54, 1.807) is 13.0 Å². The molecule has 3 N–H and O–H groups in total. The van der Waals surface area contributed by atoms with Crippen LogP contribution in [0.3, 0.4) is 0 Å². The summed E-state index contributed by atoms with van der Waals surface area (Å²) in [5, 5.41) is 20.4. The number of aliphatic hydroxyl groups excluding tert-OH is 1. The number of pyridine rings is 1. The standard InChI is InChI=1S/C19H22N2O4/c1-2-19(25)10-11-21(12-16(19)22)18(24)14-8-9-15(20-17(14)23)13-6-4-3-5-7-13/h3-9,16,22,25H,2,10-12H2,1H3,(H,20,23)/t16-,19-/m1/s1. The first-order valence-electron chi connectivity index (χ1n) is 8.43. The number of carbonyl (C=O) groups excluding carboxylic acids is 1. The van der Waals surface area contributed by atoms with E-state index in [4.69, 9.17) is 0 Å². The van der Waals surface area contributed by atoms with Crippen LogP contribution in [-0.4, -0.2) is 50.8 Å². The normalized spacial score (nSPS) is 23.5. The number of piperidine rings is 1. The smallest absolute Gasteiger partial charge is 0.261 e. The number of likely N-dealkylation sites (tertiary alicyclic amines) is 1. The third kappa shape index (κ3) is 3.36. The first-order chi connectivity index (χ1) is 11.9. The van der Waals surface area contributed by atoms with Crippen LogP contribution in [-0.2, 0) is 0 Å². The van der Waals surface area contributed by atoms with Crippen LogP contribution < -0.4 is 5.56 Å². The molecule has 1 saturated heterocycles. The number of hydrogen-bond acceptors (Lipinski definition) is 4. The van der Waals surface area contributed by atoms with Gasteiger partial charge in [0.05, 0.1) is 5.60 Å². The van der Waals surface area contributed by atoms with Crippen molar-refractivity contribution in [2.75, 3.05) is 13.1 Å². The average Bonchev–Trinajstić information content (AvgIpc) is 2.64. The second kappa shape index (κ2) is 6.82. The zero-order chi connectivity index (χ0) is 18.0. The number of β-amino-alcohol motifs (C(OH)–C–C–N with tert-alkyl or cyclic N) is 1. The first-order valence-corrected chi connectivity index (χ1v) is 8.43. The molecule has 0 spiro atoms. The van der Waals surface area contributed by atoms with Gasteiger partial charge in [0.25, 0.3) is 11.5 Å². The molecular weight excluding hydrogens is 320 g/mol. The van der Waals surface area contributed by atoms with Crippen LogP contribution in [0.4, 0.5) is 0 Å². The SMILES string of the molecule is CC[C@@]1(O)CCN(C(=O)c2ccc(-c3ccccc3)[nH]c2=O)C[C@H]1O. The molecule has 2 aromatic rings. The summed E-state index contributed by atoms with van der Waals surface area (Å²) in [4.78, 5) is 29.1. The van der Waals surface area contributed by atoms with Crippen molar-refractivity contribution in [1.29, 1.82) is 0 Å². The molecule has 6 heteroatoms. The Morgan fingerprint density at radius 2 is 2.00 bits per heavy atom. The highest BCUT2D eigenvalue weighted by atomic mass is 16.3. The average molecular weight is 342 g/mol. The maximum Gasteiger partial charge on any atom is 0.261 e. The summed E-state index contributed by atoms with van der Waals surface area (Å²) in [5.41, 5.74) is -0.0902. The van der Waals surface area contributed by atoms with Crippen LogP contribution in [0.2, 0.25) is 0 Å². The number of aliphatic hydroxyl groups is 2. The van der Waals surface area contributed by atoms with Crippen molar-refractivity contribution in [1.82, 2.24) is 9.88 Å². The molecule has 0 saturated carbocycles. The number of carbonyl (C=O) groups is 1. The number of H-pyrrole nitrogens is 1. The maximum atomic E-state index is 12.6. The van der Waals surface area contributed by atoms with E-state index in [1.165, 1.54) is 11.0 Å². The minimum Gasteiger partial charge on any atom is -0.388 e. The quantitative estimate of drug-likeness (QED) is 0.786. The van der Waals surface area contributed by atoms with Gasteiger partial charge in [-0.05, 0) is 30.5 Å². The van der Waals surface area contributed by atoms with E-state index in [9.17, 15) is 19.8 Å². The van der Waals surface area contributed by atoms with Crippen LogP contribution in [0, 0.1) is 0 Å². The van der Waals surface area contributed by atoms with Crippen molar-refractivity contribution in [3.63, 3.8) is 0 Å². The van der Waals surface area contributed by atoms with Gasteiger partial charge in [-0.1, -0.05) is 37.3 Å². The molecule has 25 heavy (non-hydrogen) atoms. The van der Waals surface area contributed by atoms with Crippen LogP contribution in [0.5, 0.6) is 0 Å². The highest BCUT2D eigenvalue weighted by Gasteiger charge is 2.40. The molecule has 0 radical (unpaired) electrons. The lowest BCUT2D eigenvalue weighted by Crippen LogP contribution is -2.56. The highest BCUT2D eigenvalue weighted by Crippen LogP contribution is 2.26. The van der Waals surface area contributed by atoms with Gasteiger partial charge >= 0.3 is 0 Å². The van der Waals surface area contributed by atoms with Crippen molar-refractivity contribution in [2.45, 2.75) is 31.5 Å². The summed E-state index contributed by atoms with van der Waals surface area (Å²) in [7, 11) is 0. The number of aromatic amines is 1. The fourth-order valence-electron chi connectivity index (χ4n) is 3.16. The number of benzene rings is 1. The number of nitrogens with zero attached hydrogens (tertiary/aromatic N) is 1. The van der Waals surface area contributed by atoms with Gasteiger partial charge in [0.2, 0.25) is 0 Å². The van der Waals surface area contributed by atoms with Crippen LogP contribution in [0.15, 0.2) is 47.3 Å². The molecule has 1 aliphatic rings. The molecule has 3 rings (SSSR count). The molecule has 6 nitrogen and oxygen atoms in total. The minimum absolute atomic E-state index is 0.0169. The second-order valence-corrected chi connectivity index (χ2v) is 6.45. The summed E-state index contributed by atoms with van der Waals surface area (Å²) >= 11 is 0. The highest BCUT2D eigenvalue weighted by molar-refractivity contribution is 5.94. The van der Waals surface area contributed by atoms with Crippen molar-refractivity contribution < 1.29 is 15.0 Å². The minimum atomic E-state index is -1.17. The molecule has 1 aromatic carbocycles. The number of nitrogens with one attached hydrogen (secondary N) is 1. The molecule has 2 heterocycles. The Bertz CT molecular complexity index is 818. The van der Waals surface area contributed by atoms with E-state index < -0.39 is 23.2 Å². The Balaban J connectivity index is 1.81. The Morgan fingerprint density at radius 3 is 2.60 bits per heavy atom. The molecule has 1 aliphatic heterocycles. The monoisotopic (exact) mass is 342 g/mol. The lowest BCUT2D eigenvalue weighted by atomic mass is 9.86. The fraction of sp³-hybridized carbons (Fsp3) is 0.368. The Hall–Kier alpha value is -2.44. The molecule has 1 fully saturated rings. The molecule has 0 unspecified atom stereocenters. The van der Waals surface area contributed by atoms with Gasteiger partial charge < -0.3 is 20.1 Å². The summed E-state index contributed by atoms with van der Waals surface area (Å²) in [5.74, 6) is -0.432. The zero-order valence-corrected chi connectivity index (χ0v) is 14.1. The number of rotatable bonds is 3.